The molecule has 2 N–H and O–H groups in total. The third kappa shape index (κ3) is 2.36. The van der Waals surface area contributed by atoms with Crippen LogP contribution in [0.2, 0.25) is 5.02 Å². The summed E-state index contributed by atoms with van der Waals surface area (Å²) in [5.74, 6) is -0.995. The van der Waals surface area contributed by atoms with Crippen LogP contribution in [-0.4, -0.2) is 5.78 Å². The Labute approximate surface area is 109 Å². The van der Waals surface area contributed by atoms with Gasteiger partial charge in [0, 0.05) is 16.3 Å². The molecule has 0 heterocycles. The zero-order chi connectivity index (χ0) is 13.3. The molecule has 0 aromatic heterocycles. The summed E-state index contributed by atoms with van der Waals surface area (Å²) < 4.78 is 13.6. The number of carbonyl (C=O) groups is 1. The summed E-state index contributed by atoms with van der Waals surface area (Å²) in [5.41, 5.74) is 7.05. The highest BCUT2D eigenvalue weighted by molar-refractivity contribution is 6.31. The summed E-state index contributed by atoms with van der Waals surface area (Å²) in [6, 6.07) is 8.92. The Bertz CT molecular complexity index is 625. The van der Waals surface area contributed by atoms with Gasteiger partial charge in [-0.25, -0.2) is 4.39 Å². The fraction of sp³-hybridized carbons (Fsp3) is 0.0714. The number of nitrogens with two attached hydrogens (primary N) is 1. The smallest absolute Gasteiger partial charge is 0.198 e. The number of hydrogen-bond donors (Lipinski definition) is 1. The summed E-state index contributed by atoms with van der Waals surface area (Å²) in [6.07, 6.45) is 0. The first kappa shape index (κ1) is 12.6. The predicted molar refractivity (Wildman–Crippen MR) is 70.4 cm³/mol. The number of rotatable bonds is 2. The summed E-state index contributed by atoms with van der Waals surface area (Å²) >= 11 is 5.76. The van der Waals surface area contributed by atoms with Gasteiger partial charge in [-0.2, -0.15) is 0 Å². The van der Waals surface area contributed by atoms with Crippen molar-refractivity contribution >= 4 is 23.1 Å². The SMILES string of the molecule is Cc1ccc(F)c(C(=O)c2ccc(Cl)cc2N)c1. The molecule has 0 aliphatic heterocycles. The van der Waals surface area contributed by atoms with Gasteiger partial charge in [0.05, 0.1) is 5.56 Å². The van der Waals surface area contributed by atoms with Gasteiger partial charge < -0.3 is 5.73 Å². The quantitative estimate of drug-likeness (QED) is 0.664. The van der Waals surface area contributed by atoms with Crippen LogP contribution >= 0.6 is 11.6 Å². The monoisotopic (exact) mass is 263 g/mol. The second-order valence-electron chi connectivity index (χ2n) is 4.04. The van der Waals surface area contributed by atoms with Crippen LogP contribution in [0.4, 0.5) is 10.1 Å². The number of nitrogen functional groups attached to an aromatic ring is 1. The number of ketones is 1. The maximum Gasteiger partial charge on any atom is 0.198 e. The lowest BCUT2D eigenvalue weighted by Gasteiger charge is -2.07. The largest absolute Gasteiger partial charge is 0.398 e. The van der Waals surface area contributed by atoms with E-state index in [9.17, 15) is 9.18 Å². The summed E-state index contributed by atoms with van der Waals surface area (Å²) in [4.78, 5) is 12.2. The zero-order valence-corrected chi connectivity index (χ0v) is 10.5. The van der Waals surface area contributed by atoms with Crippen LogP contribution in [0.5, 0.6) is 0 Å². The van der Waals surface area contributed by atoms with Crippen LogP contribution in [0.15, 0.2) is 36.4 Å². The third-order valence-corrected chi connectivity index (χ3v) is 2.86. The Balaban J connectivity index is 2.51. The van der Waals surface area contributed by atoms with Crippen LogP contribution in [0.25, 0.3) is 0 Å². The zero-order valence-electron chi connectivity index (χ0n) is 9.71. The van der Waals surface area contributed by atoms with Crippen LogP contribution < -0.4 is 5.73 Å². The lowest BCUT2D eigenvalue weighted by Crippen LogP contribution is -2.07. The number of aryl methyl sites for hydroxylation is 1. The molecule has 0 amide bonds. The molecule has 2 aromatic rings. The Hall–Kier alpha value is -1.87. The lowest BCUT2D eigenvalue weighted by atomic mass is 10.00. The van der Waals surface area contributed by atoms with Gasteiger partial charge in [-0.15, -0.1) is 0 Å². The predicted octanol–water partition coefficient (Wildman–Crippen LogP) is 3.60. The number of carbonyl (C=O) groups excluding carboxylic acids is 1. The normalized spacial score (nSPS) is 10.4. The van der Waals surface area contributed by atoms with Gasteiger partial charge in [-0.05, 0) is 37.3 Å². The molecule has 4 heteroatoms. The van der Waals surface area contributed by atoms with Crippen LogP contribution in [0, 0.1) is 12.7 Å². The van der Waals surface area contributed by atoms with Gasteiger partial charge in [0.1, 0.15) is 5.82 Å². The van der Waals surface area contributed by atoms with Crippen molar-refractivity contribution in [2.45, 2.75) is 6.92 Å². The van der Waals surface area contributed by atoms with E-state index in [1.165, 1.54) is 24.3 Å². The second-order valence-corrected chi connectivity index (χ2v) is 4.48. The molecule has 2 nitrogen and oxygen atoms in total. The molecule has 0 aliphatic rings. The van der Waals surface area contributed by atoms with Crippen LogP contribution in [-0.2, 0) is 0 Å². The minimum Gasteiger partial charge on any atom is -0.398 e. The van der Waals surface area contributed by atoms with Gasteiger partial charge >= 0.3 is 0 Å². The van der Waals surface area contributed by atoms with Gasteiger partial charge in [0.25, 0.3) is 0 Å². The van der Waals surface area contributed by atoms with E-state index in [0.29, 0.717) is 5.02 Å². The van der Waals surface area contributed by atoms with Crippen LogP contribution in [0.3, 0.4) is 0 Å². The molecule has 2 aromatic carbocycles. The lowest BCUT2D eigenvalue weighted by molar-refractivity contribution is 0.103. The molecule has 0 bridgehead atoms. The fourth-order valence-corrected chi connectivity index (χ4v) is 1.88. The highest BCUT2D eigenvalue weighted by atomic mass is 35.5. The molecule has 18 heavy (non-hydrogen) atoms. The first-order chi connectivity index (χ1) is 8.49. The highest BCUT2D eigenvalue weighted by Crippen LogP contribution is 2.22. The van der Waals surface area contributed by atoms with E-state index in [2.05, 4.69) is 0 Å². The average molecular weight is 264 g/mol. The highest BCUT2D eigenvalue weighted by Gasteiger charge is 2.16. The molecule has 2 rings (SSSR count). The molecular weight excluding hydrogens is 253 g/mol. The molecule has 0 saturated heterocycles. The van der Waals surface area contributed by atoms with Gasteiger partial charge in [0.15, 0.2) is 5.78 Å². The van der Waals surface area contributed by atoms with E-state index in [1.807, 2.05) is 0 Å². The van der Waals surface area contributed by atoms with Crippen molar-refractivity contribution in [1.29, 1.82) is 0 Å². The van der Waals surface area contributed by atoms with Crippen LogP contribution in [0.1, 0.15) is 21.5 Å². The number of anilines is 1. The van der Waals surface area contributed by atoms with E-state index in [0.717, 1.165) is 5.56 Å². The molecule has 0 saturated carbocycles. The topological polar surface area (TPSA) is 43.1 Å². The number of benzene rings is 2. The van der Waals surface area contributed by atoms with Crippen molar-refractivity contribution < 1.29 is 9.18 Å². The molecule has 0 spiro atoms. The molecule has 0 radical (unpaired) electrons. The van der Waals surface area contributed by atoms with E-state index in [-0.39, 0.29) is 16.8 Å². The number of hydrogen-bond acceptors (Lipinski definition) is 2. The van der Waals surface area contributed by atoms with E-state index < -0.39 is 11.6 Å². The first-order valence-corrected chi connectivity index (χ1v) is 5.72. The van der Waals surface area contributed by atoms with Crippen molar-refractivity contribution in [3.8, 4) is 0 Å². The summed E-state index contributed by atoms with van der Waals surface area (Å²) in [7, 11) is 0. The second kappa shape index (κ2) is 4.78. The minimum atomic E-state index is -0.556. The maximum absolute atomic E-state index is 13.6. The van der Waals surface area contributed by atoms with Crippen molar-refractivity contribution in [1.82, 2.24) is 0 Å². The Morgan fingerprint density at radius 2 is 1.89 bits per heavy atom. The number of halogens is 2. The Morgan fingerprint density at radius 1 is 1.17 bits per heavy atom. The Kier molecular flexibility index (Phi) is 3.34. The van der Waals surface area contributed by atoms with Gasteiger partial charge in [-0.1, -0.05) is 23.2 Å². The van der Waals surface area contributed by atoms with Gasteiger partial charge in [-0.3, -0.25) is 4.79 Å². The van der Waals surface area contributed by atoms with E-state index in [1.54, 1.807) is 19.1 Å². The molecule has 0 unspecified atom stereocenters. The van der Waals surface area contributed by atoms with Crippen molar-refractivity contribution in [3.63, 3.8) is 0 Å². The standard InChI is InChI=1S/C14H11ClFNO/c1-8-2-5-12(16)11(6-8)14(18)10-4-3-9(15)7-13(10)17/h2-7H,17H2,1H3. The summed E-state index contributed by atoms with van der Waals surface area (Å²) in [6.45, 7) is 1.79. The third-order valence-electron chi connectivity index (χ3n) is 2.62. The molecule has 0 aliphatic carbocycles. The molecule has 0 atom stereocenters. The van der Waals surface area contributed by atoms with Crippen molar-refractivity contribution in [3.05, 3.63) is 63.9 Å². The van der Waals surface area contributed by atoms with Gasteiger partial charge in [0.2, 0.25) is 0 Å². The summed E-state index contributed by atoms with van der Waals surface area (Å²) in [5, 5.41) is 0.439. The fourth-order valence-electron chi connectivity index (χ4n) is 1.70. The molecule has 92 valence electrons. The average Bonchev–Trinajstić information content (AvgIpc) is 2.31. The maximum atomic E-state index is 13.6. The minimum absolute atomic E-state index is 0.0176. The van der Waals surface area contributed by atoms with Crippen molar-refractivity contribution in [2.75, 3.05) is 5.73 Å². The van der Waals surface area contributed by atoms with Crippen molar-refractivity contribution in [2.24, 2.45) is 0 Å². The first-order valence-electron chi connectivity index (χ1n) is 5.35. The molecule has 0 fully saturated rings. The Morgan fingerprint density at radius 3 is 2.56 bits per heavy atom. The molecular formula is C14H11ClFNO. The van der Waals surface area contributed by atoms with E-state index in [4.69, 9.17) is 17.3 Å². The van der Waals surface area contributed by atoms with E-state index >= 15 is 0 Å².